The van der Waals surface area contributed by atoms with Crippen molar-refractivity contribution in [3.05, 3.63) is 71.3 Å². The number of benzene rings is 2. The summed E-state index contributed by atoms with van der Waals surface area (Å²) in [6.45, 7) is 1.83. The van der Waals surface area contributed by atoms with E-state index in [4.69, 9.17) is 4.74 Å². The predicted molar refractivity (Wildman–Crippen MR) is 77.4 cm³/mol. The molecule has 0 spiro atoms. The summed E-state index contributed by atoms with van der Waals surface area (Å²) in [7, 11) is 1.63. The molecule has 0 amide bonds. The normalized spacial score (nSPS) is 11.2. The van der Waals surface area contributed by atoms with Crippen LogP contribution in [0.5, 0.6) is 5.75 Å². The zero-order valence-electron chi connectivity index (χ0n) is 11.1. The number of carbonyl (C=O) groups excluding carboxylic acids is 1. The lowest BCUT2D eigenvalue weighted by atomic mass is 10.0. The van der Waals surface area contributed by atoms with E-state index in [1.165, 1.54) is 0 Å². The Balaban J connectivity index is 2.25. The lowest BCUT2D eigenvalue weighted by Gasteiger charge is -2.03. The summed E-state index contributed by atoms with van der Waals surface area (Å²) in [6.07, 6.45) is 1.87. The molecule has 0 saturated heterocycles. The second-order valence-electron chi connectivity index (χ2n) is 4.30. The van der Waals surface area contributed by atoms with Gasteiger partial charge in [0.05, 0.1) is 7.11 Å². The fourth-order valence-electron chi connectivity index (χ4n) is 1.86. The van der Waals surface area contributed by atoms with Crippen molar-refractivity contribution in [3.63, 3.8) is 0 Å². The van der Waals surface area contributed by atoms with Gasteiger partial charge in [0.2, 0.25) is 0 Å². The summed E-state index contributed by atoms with van der Waals surface area (Å²) in [6, 6.07) is 16.9. The van der Waals surface area contributed by atoms with Gasteiger partial charge in [-0.3, -0.25) is 4.79 Å². The molecule has 2 aromatic rings. The zero-order valence-corrected chi connectivity index (χ0v) is 11.1. The van der Waals surface area contributed by atoms with Crippen LogP contribution in [0.2, 0.25) is 0 Å². The van der Waals surface area contributed by atoms with Crippen LogP contribution in [-0.4, -0.2) is 12.9 Å². The van der Waals surface area contributed by atoms with Crippen molar-refractivity contribution < 1.29 is 9.53 Å². The number of methoxy groups -OCH3 is 1. The quantitative estimate of drug-likeness (QED) is 0.607. The van der Waals surface area contributed by atoms with Gasteiger partial charge in [0.15, 0.2) is 5.78 Å². The third-order valence-corrected chi connectivity index (χ3v) is 2.87. The van der Waals surface area contributed by atoms with Gasteiger partial charge in [-0.05, 0) is 36.3 Å². The van der Waals surface area contributed by atoms with E-state index in [9.17, 15) is 4.79 Å². The lowest BCUT2D eigenvalue weighted by molar-refractivity contribution is 0.103. The molecule has 96 valence electrons. The SMILES string of the molecule is COc1cccc(C=C(C)C(=O)c2ccccc2)c1. The molecule has 2 aromatic carbocycles. The predicted octanol–water partition coefficient (Wildman–Crippen LogP) is 3.98. The minimum absolute atomic E-state index is 0.0448. The Morgan fingerprint density at radius 3 is 2.47 bits per heavy atom. The summed E-state index contributed by atoms with van der Waals surface area (Å²) >= 11 is 0. The molecule has 0 fully saturated rings. The van der Waals surface area contributed by atoms with Gasteiger partial charge in [-0.2, -0.15) is 0 Å². The second-order valence-corrected chi connectivity index (χ2v) is 4.30. The Morgan fingerprint density at radius 1 is 1.05 bits per heavy atom. The molecule has 2 rings (SSSR count). The van der Waals surface area contributed by atoms with Gasteiger partial charge in [-0.15, -0.1) is 0 Å². The highest BCUT2D eigenvalue weighted by atomic mass is 16.5. The summed E-state index contributed by atoms with van der Waals surface area (Å²) in [5.74, 6) is 0.831. The van der Waals surface area contributed by atoms with Gasteiger partial charge in [-0.25, -0.2) is 0 Å². The van der Waals surface area contributed by atoms with Gasteiger partial charge in [0.1, 0.15) is 5.75 Å². The molecular weight excluding hydrogens is 236 g/mol. The van der Waals surface area contributed by atoms with Crippen molar-refractivity contribution in [2.24, 2.45) is 0 Å². The highest BCUT2D eigenvalue weighted by Crippen LogP contribution is 2.17. The summed E-state index contributed by atoms with van der Waals surface area (Å²) in [5, 5.41) is 0. The fraction of sp³-hybridized carbons (Fsp3) is 0.118. The van der Waals surface area contributed by atoms with E-state index < -0.39 is 0 Å². The van der Waals surface area contributed by atoms with Crippen LogP contribution in [0, 0.1) is 0 Å². The van der Waals surface area contributed by atoms with Crippen molar-refractivity contribution in [3.8, 4) is 5.75 Å². The van der Waals surface area contributed by atoms with Crippen molar-refractivity contribution in [2.75, 3.05) is 7.11 Å². The van der Waals surface area contributed by atoms with Gasteiger partial charge in [0, 0.05) is 5.56 Å². The smallest absolute Gasteiger partial charge is 0.188 e. The second kappa shape index (κ2) is 6.01. The van der Waals surface area contributed by atoms with Crippen LogP contribution in [0.4, 0.5) is 0 Å². The third-order valence-electron chi connectivity index (χ3n) is 2.87. The molecule has 0 saturated carbocycles. The van der Waals surface area contributed by atoms with Crippen molar-refractivity contribution in [1.82, 2.24) is 0 Å². The van der Waals surface area contributed by atoms with Crippen LogP contribution in [0.15, 0.2) is 60.2 Å². The van der Waals surface area contributed by atoms with E-state index in [1.807, 2.05) is 67.6 Å². The molecule has 0 aromatic heterocycles. The van der Waals surface area contributed by atoms with Gasteiger partial charge in [0.25, 0.3) is 0 Å². The molecule has 0 aliphatic rings. The van der Waals surface area contributed by atoms with E-state index in [2.05, 4.69) is 0 Å². The first-order valence-electron chi connectivity index (χ1n) is 6.13. The molecule has 2 nitrogen and oxygen atoms in total. The maximum Gasteiger partial charge on any atom is 0.188 e. The van der Waals surface area contributed by atoms with E-state index in [1.54, 1.807) is 7.11 Å². The third kappa shape index (κ3) is 3.32. The van der Waals surface area contributed by atoms with Crippen LogP contribution in [0.3, 0.4) is 0 Å². The highest BCUT2D eigenvalue weighted by molar-refractivity contribution is 6.10. The van der Waals surface area contributed by atoms with E-state index in [-0.39, 0.29) is 5.78 Å². The number of ketones is 1. The van der Waals surface area contributed by atoms with Crippen LogP contribution >= 0.6 is 0 Å². The number of hydrogen-bond donors (Lipinski definition) is 0. The Kier molecular flexibility index (Phi) is 4.14. The van der Waals surface area contributed by atoms with Gasteiger partial charge < -0.3 is 4.74 Å². The molecule has 0 atom stereocenters. The average molecular weight is 252 g/mol. The average Bonchev–Trinajstić information content (AvgIpc) is 2.47. The molecule has 0 N–H and O–H groups in total. The van der Waals surface area contributed by atoms with E-state index in [0.717, 1.165) is 11.3 Å². The molecule has 19 heavy (non-hydrogen) atoms. The Hall–Kier alpha value is -2.35. The molecule has 0 heterocycles. The van der Waals surface area contributed by atoms with Crippen LogP contribution < -0.4 is 4.74 Å². The number of carbonyl (C=O) groups is 1. The van der Waals surface area contributed by atoms with Crippen molar-refractivity contribution in [2.45, 2.75) is 6.92 Å². The van der Waals surface area contributed by atoms with E-state index >= 15 is 0 Å². The van der Waals surface area contributed by atoms with Crippen LogP contribution in [0.25, 0.3) is 6.08 Å². The monoisotopic (exact) mass is 252 g/mol. The molecule has 0 bridgehead atoms. The lowest BCUT2D eigenvalue weighted by Crippen LogP contribution is -1.99. The topological polar surface area (TPSA) is 26.3 Å². The molecule has 0 unspecified atom stereocenters. The molecular formula is C17H16O2. The maximum absolute atomic E-state index is 12.2. The number of hydrogen-bond acceptors (Lipinski definition) is 2. The Labute approximate surface area is 113 Å². The first-order valence-corrected chi connectivity index (χ1v) is 6.13. The van der Waals surface area contributed by atoms with Gasteiger partial charge in [-0.1, -0.05) is 42.5 Å². The summed E-state index contributed by atoms with van der Waals surface area (Å²) < 4.78 is 5.17. The van der Waals surface area contributed by atoms with E-state index in [0.29, 0.717) is 11.1 Å². The van der Waals surface area contributed by atoms with Crippen molar-refractivity contribution >= 4 is 11.9 Å². The molecule has 0 radical (unpaired) electrons. The van der Waals surface area contributed by atoms with Crippen molar-refractivity contribution in [1.29, 1.82) is 0 Å². The molecule has 0 aliphatic carbocycles. The molecule has 2 heteroatoms. The maximum atomic E-state index is 12.2. The highest BCUT2D eigenvalue weighted by Gasteiger charge is 2.07. The largest absolute Gasteiger partial charge is 0.497 e. The standard InChI is InChI=1S/C17H16O2/c1-13(17(18)15-8-4-3-5-9-15)11-14-7-6-10-16(12-14)19-2/h3-12H,1-2H3. The van der Waals surface area contributed by atoms with Crippen LogP contribution in [-0.2, 0) is 0 Å². The first-order chi connectivity index (χ1) is 9.20. The zero-order chi connectivity index (χ0) is 13.7. The minimum atomic E-state index is 0.0448. The molecule has 0 aliphatic heterocycles. The summed E-state index contributed by atoms with van der Waals surface area (Å²) in [5.41, 5.74) is 2.37. The fourth-order valence-corrected chi connectivity index (χ4v) is 1.86. The summed E-state index contributed by atoms with van der Waals surface area (Å²) in [4.78, 5) is 12.2. The number of Topliss-reactive ketones (excluding diaryl/α,β-unsaturated/α-hetero) is 1. The van der Waals surface area contributed by atoms with Gasteiger partial charge >= 0.3 is 0 Å². The number of ether oxygens (including phenoxy) is 1. The first kappa shape index (κ1) is 13.1. The Morgan fingerprint density at radius 2 is 1.79 bits per heavy atom. The minimum Gasteiger partial charge on any atom is -0.497 e. The Bertz CT molecular complexity index is 598. The van der Waals surface area contributed by atoms with Crippen LogP contribution in [0.1, 0.15) is 22.8 Å². The number of allylic oxidation sites excluding steroid dienone is 1. The number of rotatable bonds is 4.